The first kappa shape index (κ1) is 21.3. The molecule has 1 saturated heterocycles. The van der Waals surface area contributed by atoms with Crippen LogP contribution in [0.2, 0.25) is 0 Å². The second kappa shape index (κ2) is 6.52. The zero-order chi connectivity index (χ0) is 19.0. The third-order valence-corrected chi connectivity index (χ3v) is 3.83. The highest BCUT2D eigenvalue weighted by Gasteiger charge is 2.81. The van der Waals surface area contributed by atoms with Crippen LogP contribution in [0.15, 0.2) is 0 Å². The van der Waals surface area contributed by atoms with Gasteiger partial charge in [0.1, 0.15) is 5.75 Å². The molecule has 0 bridgehead atoms. The minimum Gasteiger partial charge on any atom is -0.291 e. The van der Waals surface area contributed by atoms with Crippen molar-refractivity contribution in [2.45, 2.75) is 23.7 Å². The summed E-state index contributed by atoms with van der Waals surface area (Å²) in [6, 6.07) is -3.61. The molecule has 0 aliphatic carbocycles. The van der Waals surface area contributed by atoms with Gasteiger partial charge in [-0.15, -0.1) is 8.22 Å². The Balaban J connectivity index is 3.39. The fraction of sp³-hybridized carbons (Fsp3) is 0.857. The first-order valence-electron chi connectivity index (χ1n) is 5.16. The molecule has 0 aromatic carbocycles. The lowest BCUT2D eigenvalue weighted by Crippen LogP contribution is -2.53. The first-order valence-corrected chi connectivity index (χ1v) is 7.63. The van der Waals surface area contributed by atoms with Gasteiger partial charge in [0.2, 0.25) is 0 Å². The second-order valence-corrected chi connectivity index (χ2v) is 6.15. The summed E-state index contributed by atoms with van der Waals surface area (Å²) in [7, 11) is -6.07. The van der Waals surface area contributed by atoms with Crippen molar-refractivity contribution in [1.29, 1.82) is 0 Å². The average Bonchev–Trinajstić information content (AvgIpc) is 2.57. The third kappa shape index (κ3) is 3.90. The summed E-state index contributed by atoms with van der Waals surface area (Å²) >= 11 is -0.635. The minimum absolute atomic E-state index is 0.635. The smallest absolute Gasteiger partial charge is 0.291 e. The number of alkyl halides is 5. The van der Waals surface area contributed by atoms with Gasteiger partial charge >= 0.3 is 28.2 Å². The molecule has 0 N–H and O–H groups in total. The Morgan fingerprint density at radius 2 is 1.67 bits per heavy atom. The first-order chi connectivity index (χ1) is 10.6. The molecule has 1 heterocycles. The molecule has 0 aromatic rings. The van der Waals surface area contributed by atoms with Gasteiger partial charge in [-0.1, -0.05) is 0 Å². The molecular formula is C7H4F8O7S2. The molecule has 0 spiro atoms. The van der Waals surface area contributed by atoms with Crippen LogP contribution in [-0.2, 0) is 33.9 Å². The maximum Gasteiger partial charge on any atom is 0.454 e. The summed E-state index contributed by atoms with van der Waals surface area (Å²) in [6.45, 7) is 0. The van der Waals surface area contributed by atoms with Crippen LogP contribution in [0.1, 0.15) is 0 Å². The molecule has 3 unspecified atom stereocenters. The zero-order valence-electron chi connectivity index (χ0n) is 10.6. The van der Waals surface area contributed by atoms with Crippen LogP contribution in [0.5, 0.6) is 0 Å². The standard InChI is InChI=1S/C7H4F8O7S2/c8-3(16)6(7(11,12)13)19-4(9,1-23-22-21-14)5(10,20-6)2-24(15,17)18/h1-2H2. The van der Waals surface area contributed by atoms with Gasteiger partial charge in [0.15, 0.2) is 0 Å². The van der Waals surface area contributed by atoms with Crippen LogP contribution in [0.3, 0.4) is 0 Å². The number of rotatable bonds is 7. The SMILES string of the molecule is O=C(F)C1(C(F)(F)F)OC(F)(CSOOF)C(F)(CS(=O)(=O)F)O1. The molecule has 7 nitrogen and oxygen atoms in total. The van der Waals surface area contributed by atoms with Gasteiger partial charge in [0.05, 0.1) is 5.75 Å². The lowest BCUT2D eigenvalue weighted by Gasteiger charge is -2.27. The van der Waals surface area contributed by atoms with E-state index in [9.17, 15) is 48.0 Å². The van der Waals surface area contributed by atoms with Crippen LogP contribution in [0.25, 0.3) is 0 Å². The normalized spacial score (nSPS) is 34.5. The molecule has 1 fully saturated rings. The molecule has 0 amide bonds. The summed E-state index contributed by atoms with van der Waals surface area (Å²) in [5, 5.41) is 2.40. The Morgan fingerprint density at radius 1 is 1.17 bits per heavy atom. The molecule has 3 atom stereocenters. The van der Waals surface area contributed by atoms with Crippen LogP contribution >= 0.6 is 12.0 Å². The van der Waals surface area contributed by atoms with Gasteiger partial charge in [-0.3, -0.25) is 14.3 Å². The molecule has 142 valence electrons. The van der Waals surface area contributed by atoms with E-state index in [1.54, 1.807) is 0 Å². The Labute approximate surface area is 131 Å². The Hall–Kier alpha value is -0.750. The molecular weight excluding hydrogens is 412 g/mol. The number of carbonyl (C=O) groups is 1. The Bertz CT molecular complexity index is 598. The second-order valence-electron chi connectivity index (χ2n) is 4.13. The monoisotopic (exact) mass is 416 g/mol. The topological polar surface area (TPSA) is 88.1 Å². The molecule has 17 heteroatoms. The lowest BCUT2D eigenvalue weighted by molar-refractivity contribution is -0.360. The van der Waals surface area contributed by atoms with Gasteiger partial charge in [0, 0.05) is 12.0 Å². The van der Waals surface area contributed by atoms with Crippen molar-refractivity contribution in [1.82, 2.24) is 0 Å². The van der Waals surface area contributed by atoms with Crippen LogP contribution in [0.4, 0.5) is 34.8 Å². The van der Waals surface area contributed by atoms with E-state index in [2.05, 4.69) is 18.9 Å². The fourth-order valence-corrected chi connectivity index (χ4v) is 2.78. The van der Waals surface area contributed by atoms with E-state index in [0.29, 0.717) is 0 Å². The van der Waals surface area contributed by atoms with Crippen molar-refractivity contribution in [2.75, 3.05) is 11.5 Å². The maximum absolute atomic E-state index is 14.3. The molecule has 1 rings (SSSR count). The van der Waals surface area contributed by atoms with Crippen LogP contribution < -0.4 is 0 Å². The van der Waals surface area contributed by atoms with E-state index in [-0.39, 0.29) is 0 Å². The van der Waals surface area contributed by atoms with Crippen molar-refractivity contribution >= 4 is 28.3 Å². The van der Waals surface area contributed by atoms with E-state index >= 15 is 0 Å². The molecule has 0 saturated carbocycles. The number of halogens is 8. The predicted molar refractivity (Wildman–Crippen MR) is 55.4 cm³/mol. The van der Waals surface area contributed by atoms with Gasteiger partial charge in [0.25, 0.3) is 11.7 Å². The van der Waals surface area contributed by atoms with E-state index in [1.807, 2.05) is 0 Å². The minimum atomic E-state index is -6.24. The summed E-state index contributed by atoms with van der Waals surface area (Å²) < 4.78 is 134. The van der Waals surface area contributed by atoms with Crippen molar-refractivity contribution in [3.05, 3.63) is 0 Å². The summed E-state index contributed by atoms with van der Waals surface area (Å²) in [5.41, 5.74) is 0. The van der Waals surface area contributed by atoms with Gasteiger partial charge < -0.3 is 0 Å². The van der Waals surface area contributed by atoms with Crippen molar-refractivity contribution in [2.24, 2.45) is 0 Å². The third-order valence-electron chi connectivity index (χ3n) is 2.48. The van der Waals surface area contributed by atoms with E-state index < -0.39 is 63.5 Å². The van der Waals surface area contributed by atoms with E-state index in [0.717, 1.165) is 0 Å². The predicted octanol–water partition coefficient (Wildman–Crippen LogP) is 1.90. The number of hydrogen-bond donors (Lipinski definition) is 0. The van der Waals surface area contributed by atoms with E-state index in [1.165, 1.54) is 0 Å². The van der Waals surface area contributed by atoms with Gasteiger partial charge in [-0.2, -0.15) is 26.0 Å². The van der Waals surface area contributed by atoms with Gasteiger partial charge in [-0.25, -0.2) is 8.78 Å². The van der Waals surface area contributed by atoms with Crippen molar-refractivity contribution in [3.8, 4) is 0 Å². The lowest BCUT2D eigenvalue weighted by atomic mass is 10.2. The Morgan fingerprint density at radius 3 is 2.04 bits per heavy atom. The number of ether oxygens (including phenoxy) is 2. The average molecular weight is 416 g/mol. The molecule has 0 aromatic heterocycles. The number of carbonyl (C=O) groups excluding carboxylic acids is 1. The highest BCUT2D eigenvalue weighted by atomic mass is 32.3. The molecule has 1 aliphatic heterocycles. The van der Waals surface area contributed by atoms with Crippen molar-refractivity contribution in [3.63, 3.8) is 0 Å². The summed E-state index contributed by atoms with van der Waals surface area (Å²) in [5.74, 6) is -19.3. The van der Waals surface area contributed by atoms with Crippen LogP contribution in [-0.4, -0.2) is 49.6 Å². The maximum atomic E-state index is 14.3. The zero-order valence-corrected chi connectivity index (χ0v) is 12.2. The molecule has 1 aliphatic rings. The van der Waals surface area contributed by atoms with E-state index in [4.69, 9.17) is 0 Å². The van der Waals surface area contributed by atoms with Crippen LogP contribution in [0, 0.1) is 0 Å². The quantitative estimate of drug-likeness (QED) is 0.155. The van der Waals surface area contributed by atoms with Gasteiger partial charge in [-0.05, 0) is 9.62 Å². The number of hydrogen-bond acceptors (Lipinski definition) is 8. The molecule has 24 heavy (non-hydrogen) atoms. The summed E-state index contributed by atoms with van der Waals surface area (Å²) in [4.78, 5) is 10.5. The molecule has 0 radical (unpaired) electrons. The Kier molecular flexibility index (Phi) is 5.79. The summed E-state index contributed by atoms with van der Waals surface area (Å²) in [6.07, 6.45) is -6.24. The fourth-order valence-electron chi connectivity index (χ4n) is 1.55. The highest BCUT2D eigenvalue weighted by molar-refractivity contribution is 7.94. The van der Waals surface area contributed by atoms with Crippen molar-refractivity contribution < 1.29 is 66.9 Å². The largest absolute Gasteiger partial charge is 0.454 e. The highest BCUT2D eigenvalue weighted by Crippen LogP contribution is 2.54.